The van der Waals surface area contributed by atoms with Crippen LogP contribution in [0.3, 0.4) is 0 Å². The van der Waals surface area contributed by atoms with Crippen molar-refractivity contribution in [2.24, 2.45) is 0 Å². The quantitative estimate of drug-likeness (QED) is 0.370. The molecule has 0 aromatic heterocycles. The summed E-state index contributed by atoms with van der Waals surface area (Å²) in [7, 11) is 1.45. The van der Waals surface area contributed by atoms with E-state index in [1.165, 1.54) is 30.3 Å². The van der Waals surface area contributed by atoms with E-state index in [4.69, 9.17) is 0 Å². The molecule has 0 spiro atoms. The maximum atomic E-state index is 14.0. The van der Waals surface area contributed by atoms with Crippen LogP contribution in [-0.2, 0) is 20.8 Å². The van der Waals surface area contributed by atoms with Crippen LogP contribution in [0.25, 0.3) is 0 Å². The number of nitrogens with one attached hydrogen (secondary N) is 2. The zero-order valence-electron chi connectivity index (χ0n) is 19.2. The summed E-state index contributed by atoms with van der Waals surface area (Å²) in [5.74, 6) is -2.68. The molecule has 10 heteroatoms. The van der Waals surface area contributed by atoms with Gasteiger partial charge in [0.15, 0.2) is 11.8 Å². The van der Waals surface area contributed by atoms with E-state index in [9.17, 15) is 28.7 Å². The molecule has 2 aromatic carbocycles. The van der Waals surface area contributed by atoms with Crippen molar-refractivity contribution in [3.63, 3.8) is 0 Å². The molecule has 1 aliphatic rings. The molecular formula is C23H23FN3NaO5. The van der Waals surface area contributed by atoms with Crippen LogP contribution in [0.4, 0.5) is 9.18 Å². The maximum Gasteiger partial charge on any atom is 1.00 e. The summed E-state index contributed by atoms with van der Waals surface area (Å²) in [4.78, 5) is 49.1. The molecule has 8 nitrogen and oxygen atoms in total. The van der Waals surface area contributed by atoms with E-state index >= 15 is 0 Å². The van der Waals surface area contributed by atoms with Gasteiger partial charge in [0.2, 0.25) is 0 Å². The van der Waals surface area contributed by atoms with Crippen molar-refractivity contribution < 1.29 is 59.7 Å². The Morgan fingerprint density at radius 2 is 1.91 bits per heavy atom. The van der Waals surface area contributed by atoms with Crippen LogP contribution >= 0.6 is 0 Å². The number of benzene rings is 2. The smallest absolute Gasteiger partial charge is 1.00 e. The van der Waals surface area contributed by atoms with Gasteiger partial charge in [-0.2, -0.15) is 0 Å². The zero-order chi connectivity index (χ0) is 23.3. The predicted octanol–water partition coefficient (Wildman–Crippen LogP) is -0.729. The van der Waals surface area contributed by atoms with Crippen LogP contribution in [0.1, 0.15) is 30.6 Å². The molecule has 168 valence electrons. The first kappa shape index (κ1) is 26.2. The normalized spacial score (nSPS) is 16.1. The van der Waals surface area contributed by atoms with Crippen molar-refractivity contribution in [1.29, 1.82) is 0 Å². The summed E-state index contributed by atoms with van der Waals surface area (Å²) in [5.41, 5.74) is 1.71. The topological polar surface area (TPSA) is 116 Å². The number of amides is 3. The molecule has 3 N–H and O–H groups in total. The maximum absolute atomic E-state index is 14.0. The van der Waals surface area contributed by atoms with E-state index in [0.717, 1.165) is 5.56 Å². The number of nitrogens with zero attached hydrogens (tertiary/aromatic N) is 1. The second-order valence-electron chi connectivity index (χ2n) is 7.38. The van der Waals surface area contributed by atoms with Gasteiger partial charge in [0.1, 0.15) is 5.82 Å². The number of carboxylic acids is 1. The molecule has 2 unspecified atom stereocenters. The fraction of sp³-hybridized carbons (Fsp3) is 0.217. The second kappa shape index (κ2) is 11.7. The zero-order valence-corrected chi connectivity index (χ0v) is 20.2. The van der Waals surface area contributed by atoms with E-state index in [1.807, 2.05) is 0 Å². The van der Waals surface area contributed by atoms with E-state index in [2.05, 4.69) is 10.6 Å². The van der Waals surface area contributed by atoms with Crippen molar-refractivity contribution in [3.8, 4) is 0 Å². The van der Waals surface area contributed by atoms with E-state index < -0.39 is 42.2 Å². The van der Waals surface area contributed by atoms with E-state index in [1.54, 1.807) is 42.5 Å². The molecule has 0 bridgehead atoms. The van der Waals surface area contributed by atoms with Gasteiger partial charge in [0, 0.05) is 25.7 Å². The van der Waals surface area contributed by atoms with Gasteiger partial charge < -0.3 is 22.1 Å². The minimum Gasteiger partial charge on any atom is -1.00 e. The molecule has 3 amide bonds. The van der Waals surface area contributed by atoms with Gasteiger partial charge in [-0.3, -0.25) is 14.4 Å². The van der Waals surface area contributed by atoms with Gasteiger partial charge in [-0.1, -0.05) is 42.5 Å². The molecule has 3 rings (SSSR count). The summed E-state index contributed by atoms with van der Waals surface area (Å²) < 4.78 is 14.0. The molecule has 0 saturated carbocycles. The van der Waals surface area contributed by atoms with Gasteiger partial charge in [0.05, 0.1) is 12.5 Å². The van der Waals surface area contributed by atoms with Crippen LogP contribution in [0, 0.1) is 5.82 Å². The average Bonchev–Trinajstić information content (AvgIpc) is 2.75. The number of carboxylic acid groups (broad SMARTS) is 1. The molecule has 33 heavy (non-hydrogen) atoms. The Balaban J connectivity index is 0.00000289. The molecule has 0 fully saturated rings. The van der Waals surface area contributed by atoms with Crippen LogP contribution in [0.5, 0.6) is 0 Å². The largest absolute Gasteiger partial charge is 1.00 e. The van der Waals surface area contributed by atoms with Crippen LogP contribution in [0.15, 0.2) is 60.8 Å². The summed E-state index contributed by atoms with van der Waals surface area (Å²) in [6.45, 7) is 0. The Morgan fingerprint density at radius 3 is 2.61 bits per heavy atom. The second-order valence-corrected chi connectivity index (χ2v) is 7.38. The predicted molar refractivity (Wildman–Crippen MR) is 114 cm³/mol. The number of ketones is 1. The molecule has 2 atom stereocenters. The Bertz CT molecular complexity index is 1100. The molecule has 0 aliphatic carbocycles. The monoisotopic (exact) mass is 463 g/mol. The molecule has 2 aromatic rings. The van der Waals surface area contributed by atoms with Gasteiger partial charge in [-0.25, -0.2) is 9.18 Å². The standard InChI is InChI=1S/C23H22FN3O5.Na.H/c1-27-10-9-19(28)21(22(27)31)26-23(32)25-18(13-20(29)30)16-7-4-5-14(12-16)11-15-6-2-3-8-17(15)24;;/h2-10,12,18,21H,11,13H2,1H3,(H,29,30)(H2,25,26,32);;/q;+1;-1. The molecule has 1 heterocycles. The fourth-order valence-corrected chi connectivity index (χ4v) is 3.35. The Hall–Kier alpha value is -3.01. The SMILES string of the molecule is CN1C=CC(=O)C(NC(=O)NC(CC(=O)O)c2cccc(Cc3ccccc3F)c2)C1=O.[H-].[Na+]. The van der Waals surface area contributed by atoms with Gasteiger partial charge in [0.25, 0.3) is 5.91 Å². The summed E-state index contributed by atoms with van der Waals surface area (Å²) in [6.07, 6.45) is 2.33. The van der Waals surface area contributed by atoms with Gasteiger partial charge in [-0.15, -0.1) is 0 Å². The van der Waals surface area contributed by atoms with E-state index in [-0.39, 0.29) is 43.2 Å². The van der Waals surface area contributed by atoms with Crippen LogP contribution in [-0.4, -0.2) is 46.8 Å². The first-order valence-corrected chi connectivity index (χ1v) is 9.84. The van der Waals surface area contributed by atoms with Gasteiger partial charge in [-0.05, 0) is 22.8 Å². The Labute approximate surface area is 213 Å². The third kappa shape index (κ3) is 6.98. The number of carbonyl (C=O) groups is 4. The fourth-order valence-electron chi connectivity index (χ4n) is 3.35. The third-order valence-corrected chi connectivity index (χ3v) is 5.01. The summed E-state index contributed by atoms with van der Waals surface area (Å²) >= 11 is 0. The number of urea groups is 1. The van der Waals surface area contributed by atoms with Crippen molar-refractivity contribution >= 4 is 23.7 Å². The number of halogens is 1. The van der Waals surface area contributed by atoms with Crippen molar-refractivity contribution in [1.82, 2.24) is 15.5 Å². The Morgan fingerprint density at radius 1 is 1.18 bits per heavy atom. The average molecular weight is 463 g/mol. The minimum atomic E-state index is -1.39. The third-order valence-electron chi connectivity index (χ3n) is 5.01. The number of hydrogen-bond acceptors (Lipinski definition) is 4. The number of aliphatic carboxylic acids is 1. The van der Waals surface area contributed by atoms with Crippen molar-refractivity contribution in [2.75, 3.05) is 7.05 Å². The Kier molecular flexibility index (Phi) is 9.33. The number of carbonyl (C=O) groups excluding carboxylic acids is 3. The summed E-state index contributed by atoms with van der Waals surface area (Å²) in [5, 5.41) is 14.1. The molecule has 0 radical (unpaired) electrons. The van der Waals surface area contributed by atoms with E-state index in [0.29, 0.717) is 11.1 Å². The molecular weight excluding hydrogens is 440 g/mol. The molecule has 1 aliphatic heterocycles. The minimum absolute atomic E-state index is 0. The van der Waals surface area contributed by atoms with Crippen molar-refractivity contribution in [2.45, 2.75) is 24.9 Å². The molecule has 0 saturated heterocycles. The first-order chi connectivity index (χ1) is 15.2. The first-order valence-electron chi connectivity index (χ1n) is 9.84. The van der Waals surface area contributed by atoms with Gasteiger partial charge >= 0.3 is 41.6 Å². The van der Waals surface area contributed by atoms with Crippen LogP contribution in [0.2, 0.25) is 0 Å². The number of hydrogen-bond donors (Lipinski definition) is 3. The number of likely N-dealkylation sites (N-methyl/N-ethyl adjacent to an activating group) is 1. The number of rotatable bonds is 7. The van der Waals surface area contributed by atoms with Crippen LogP contribution < -0.4 is 40.2 Å². The summed E-state index contributed by atoms with van der Waals surface area (Å²) in [6, 6.07) is 9.95. The van der Waals surface area contributed by atoms with Crippen molar-refractivity contribution in [3.05, 3.63) is 83.3 Å².